The summed E-state index contributed by atoms with van der Waals surface area (Å²) in [5, 5.41) is 4.05. The highest BCUT2D eigenvalue weighted by atomic mass is 19.1. The molecule has 1 fully saturated rings. The van der Waals surface area contributed by atoms with Gasteiger partial charge in [-0.1, -0.05) is 36.4 Å². The third-order valence-corrected chi connectivity index (χ3v) is 6.25. The molecule has 0 saturated heterocycles. The predicted octanol–water partition coefficient (Wildman–Crippen LogP) is 6.77. The third kappa shape index (κ3) is 6.77. The van der Waals surface area contributed by atoms with Gasteiger partial charge >= 0.3 is 0 Å². The molecule has 2 aromatic carbocycles. The highest BCUT2D eigenvalue weighted by Crippen LogP contribution is 2.38. The van der Waals surface area contributed by atoms with E-state index in [1.807, 2.05) is 24.3 Å². The van der Waals surface area contributed by atoms with Crippen molar-refractivity contribution in [3.05, 3.63) is 72.4 Å². The Bertz CT molecular complexity index is 1210. The Morgan fingerprint density at radius 1 is 1.14 bits per heavy atom. The lowest BCUT2D eigenvalue weighted by Gasteiger charge is -2.24. The van der Waals surface area contributed by atoms with Gasteiger partial charge in [0.05, 0.1) is 12.9 Å². The van der Waals surface area contributed by atoms with Crippen LogP contribution in [0.4, 0.5) is 14.5 Å². The molecule has 4 rings (SSSR count). The van der Waals surface area contributed by atoms with Crippen LogP contribution in [0.1, 0.15) is 62.6 Å². The maximum absolute atomic E-state index is 13.9. The summed E-state index contributed by atoms with van der Waals surface area (Å²) in [7, 11) is 1.42. The molecule has 1 heterocycles. The van der Waals surface area contributed by atoms with Gasteiger partial charge in [-0.2, -0.15) is 4.98 Å². The number of unbranched alkanes of at least 4 members (excludes halogenated alkanes) is 2. The van der Waals surface area contributed by atoms with Crippen LogP contribution in [-0.2, 0) is 11.2 Å². The van der Waals surface area contributed by atoms with Crippen molar-refractivity contribution in [2.45, 2.75) is 57.3 Å². The molecular weight excluding hydrogens is 464 g/mol. The molecule has 0 unspecified atom stereocenters. The second kappa shape index (κ2) is 11.9. The minimum Gasteiger partial charge on any atom is -0.494 e. The maximum atomic E-state index is 13.9. The number of benzene rings is 2. The quantitative estimate of drug-likeness (QED) is 0.245. The smallest absolute Gasteiger partial charge is 0.227 e. The Kier molecular flexibility index (Phi) is 8.46. The monoisotopic (exact) mass is 495 g/mol. The second-order valence-corrected chi connectivity index (χ2v) is 9.09. The minimum atomic E-state index is -0.513. The summed E-state index contributed by atoms with van der Waals surface area (Å²) in [5.41, 5.74) is 2.29. The van der Waals surface area contributed by atoms with Crippen LogP contribution in [0.25, 0.3) is 11.1 Å². The normalized spacial score (nSPS) is 13.0. The largest absolute Gasteiger partial charge is 0.494 e. The Morgan fingerprint density at radius 3 is 2.69 bits per heavy atom. The van der Waals surface area contributed by atoms with E-state index in [0.29, 0.717) is 30.5 Å². The number of aryl methyl sites for hydroxylation is 1. The number of nitrogens with zero attached hydrogens (tertiary/aromatic N) is 3. The van der Waals surface area contributed by atoms with Gasteiger partial charge in [0.15, 0.2) is 17.4 Å². The van der Waals surface area contributed by atoms with Gasteiger partial charge in [-0.3, -0.25) is 4.79 Å². The lowest BCUT2D eigenvalue weighted by Crippen LogP contribution is -2.31. The van der Waals surface area contributed by atoms with Gasteiger partial charge in [0, 0.05) is 37.4 Å². The first kappa shape index (κ1) is 25.5. The zero-order chi connectivity index (χ0) is 25.5. The number of anilines is 1. The number of allylic oxidation sites excluding steroid dienone is 1. The molecule has 1 aromatic heterocycles. The summed E-state index contributed by atoms with van der Waals surface area (Å²) in [4.78, 5) is 19.2. The van der Waals surface area contributed by atoms with Gasteiger partial charge in [-0.25, -0.2) is 8.78 Å². The summed E-state index contributed by atoms with van der Waals surface area (Å²) < 4.78 is 37.6. The molecule has 6 nitrogen and oxygen atoms in total. The highest BCUT2D eigenvalue weighted by Gasteiger charge is 2.28. The van der Waals surface area contributed by atoms with Gasteiger partial charge in [-0.05, 0) is 61.1 Å². The van der Waals surface area contributed by atoms with Crippen molar-refractivity contribution in [3.8, 4) is 16.9 Å². The van der Waals surface area contributed by atoms with Crippen molar-refractivity contribution >= 4 is 11.6 Å². The van der Waals surface area contributed by atoms with E-state index in [-0.39, 0.29) is 24.5 Å². The molecule has 0 bridgehead atoms. The average molecular weight is 496 g/mol. The van der Waals surface area contributed by atoms with Crippen LogP contribution in [0.2, 0.25) is 0 Å². The molecule has 3 aromatic rings. The summed E-state index contributed by atoms with van der Waals surface area (Å²) in [6.07, 6.45) is 5.50. The van der Waals surface area contributed by atoms with E-state index in [1.54, 1.807) is 17.0 Å². The van der Waals surface area contributed by atoms with E-state index in [4.69, 9.17) is 9.26 Å². The number of aromatic nitrogens is 2. The van der Waals surface area contributed by atoms with E-state index in [2.05, 4.69) is 16.7 Å². The Hall–Kier alpha value is -3.55. The number of methoxy groups -OCH3 is 1. The number of rotatable bonds is 13. The highest BCUT2D eigenvalue weighted by molar-refractivity contribution is 5.94. The molecule has 0 spiro atoms. The minimum absolute atomic E-state index is 0.00925. The molecule has 0 atom stereocenters. The number of amides is 1. The van der Waals surface area contributed by atoms with E-state index in [9.17, 15) is 13.6 Å². The van der Waals surface area contributed by atoms with Crippen LogP contribution < -0.4 is 9.64 Å². The van der Waals surface area contributed by atoms with Crippen LogP contribution >= 0.6 is 0 Å². The molecular formula is C28H31F2N3O3. The van der Waals surface area contributed by atoms with Crippen molar-refractivity contribution < 1.29 is 22.8 Å². The van der Waals surface area contributed by atoms with Crippen molar-refractivity contribution in [2.24, 2.45) is 0 Å². The Morgan fingerprint density at radius 2 is 1.94 bits per heavy atom. The summed E-state index contributed by atoms with van der Waals surface area (Å²) in [6, 6.07) is 12.1. The van der Waals surface area contributed by atoms with Crippen molar-refractivity contribution in [1.29, 1.82) is 0 Å². The topological polar surface area (TPSA) is 68.5 Å². The molecule has 0 aliphatic heterocycles. The molecule has 36 heavy (non-hydrogen) atoms. The first-order valence-corrected chi connectivity index (χ1v) is 12.3. The van der Waals surface area contributed by atoms with Crippen LogP contribution in [-0.4, -0.2) is 29.7 Å². The van der Waals surface area contributed by atoms with E-state index < -0.39 is 11.6 Å². The van der Waals surface area contributed by atoms with Gasteiger partial charge < -0.3 is 14.2 Å². The van der Waals surface area contributed by atoms with Gasteiger partial charge in [0.1, 0.15) is 0 Å². The SMILES string of the molecule is C=C(F)CCC(=O)N(CCCCCc1nc(C2CC2)no1)c1cccc(-c2ccc(F)c(OC)c2)c1. The standard InChI is InChI=1S/C28H31F2N3O3/c1-19(29)10-15-27(34)33(16-5-3-4-9-26-31-28(32-36-26)20-11-12-20)23-8-6-7-21(17-23)22-13-14-24(30)25(18-22)35-2/h6-8,13-14,17-18,20H,1,3-5,9-12,15-16H2,2H3. The maximum Gasteiger partial charge on any atom is 0.227 e. The molecule has 8 heteroatoms. The number of ether oxygens (including phenoxy) is 1. The predicted molar refractivity (Wildman–Crippen MR) is 134 cm³/mol. The van der Waals surface area contributed by atoms with E-state index in [0.717, 1.165) is 49.1 Å². The number of hydrogen-bond acceptors (Lipinski definition) is 5. The third-order valence-electron chi connectivity index (χ3n) is 6.25. The summed E-state index contributed by atoms with van der Waals surface area (Å²) >= 11 is 0. The van der Waals surface area contributed by atoms with Crippen LogP contribution in [0, 0.1) is 5.82 Å². The molecule has 0 N–H and O–H groups in total. The number of hydrogen-bond donors (Lipinski definition) is 0. The van der Waals surface area contributed by atoms with Crippen LogP contribution in [0.15, 0.2) is 59.4 Å². The van der Waals surface area contributed by atoms with Gasteiger partial charge in [0.2, 0.25) is 11.8 Å². The number of halogens is 2. The summed E-state index contributed by atoms with van der Waals surface area (Å²) in [5.74, 6) is 0.967. The fourth-order valence-corrected chi connectivity index (χ4v) is 4.07. The van der Waals surface area contributed by atoms with Crippen LogP contribution in [0.3, 0.4) is 0 Å². The molecule has 0 radical (unpaired) electrons. The number of carbonyl (C=O) groups excluding carboxylic acids is 1. The molecule has 1 aliphatic carbocycles. The van der Waals surface area contributed by atoms with Gasteiger partial charge in [0.25, 0.3) is 0 Å². The first-order chi connectivity index (χ1) is 17.4. The van der Waals surface area contributed by atoms with Crippen LogP contribution in [0.5, 0.6) is 5.75 Å². The lowest BCUT2D eigenvalue weighted by molar-refractivity contribution is -0.118. The Labute approximate surface area is 210 Å². The fourth-order valence-electron chi connectivity index (χ4n) is 4.07. The zero-order valence-corrected chi connectivity index (χ0v) is 20.5. The number of carbonyl (C=O) groups is 1. The second-order valence-electron chi connectivity index (χ2n) is 9.09. The fraction of sp³-hybridized carbons (Fsp3) is 0.393. The first-order valence-electron chi connectivity index (χ1n) is 12.3. The van der Waals surface area contributed by atoms with Gasteiger partial charge in [-0.15, -0.1) is 0 Å². The van der Waals surface area contributed by atoms with Crippen molar-refractivity contribution in [3.63, 3.8) is 0 Å². The lowest BCUT2D eigenvalue weighted by atomic mass is 10.0. The molecule has 1 amide bonds. The summed E-state index contributed by atoms with van der Waals surface area (Å²) in [6.45, 7) is 3.76. The Balaban J connectivity index is 1.41. The van der Waals surface area contributed by atoms with Crippen molar-refractivity contribution in [1.82, 2.24) is 10.1 Å². The molecule has 1 saturated carbocycles. The van der Waals surface area contributed by atoms with Crippen molar-refractivity contribution in [2.75, 3.05) is 18.6 Å². The molecule has 190 valence electrons. The van der Waals surface area contributed by atoms with E-state index >= 15 is 0 Å². The van der Waals surface area contributed by atoms with E-state index in [1.165, 1.54) is 13.2 Å². The molecule has 1 aliphatic rings. The zero-order valence-electron chi connectivity index (χ0n) is 20.5. The average Bonchev–Trinajstić information content (AvgIpc) is 3.63.